The van der Waals surface area contributed by atoms with Crippen molar-refractivity contribution >= 4 is 17.7 Å². The van der Waals surface area contributed by atoms with Gasteiger partial charge in [-0.3, -0.25) is 0 Å². The maximum Gasteiger partial charge on any atom is 0.416 e. The number of nitrogens with zero attached hydrogens (tertiary/aromatic N) is 3. The van der Waals surface area contributed by atoms with Crippen molar-refractivity contribution in [3.63, 3.8) is 0 Å². The second-order valence-corrected chi connectivity index (χ2v) is 9.56. The normalized spacial score (nSPS) is 18.6. The molecule has 0 amide bonds. The Balaban J connectivity index is 1.45. The van der Waals surface area contributed by atoms with Gasteiger partial charge in [-0.2, -0.15) is 13.2 Å². The molecule has 1 aliphatic carbocycles. The van der Waals surface area contributed by atoms with Crippen molar-refractivity contribution < 1.29 is 27.8 Å². The zero-order valence-corrected chi connectivity index (χ0v) is 19.3. The maximum absolute atomic E-state index is 13.1. The van der Waals surface area contributed by atoms with Crippen molar-refractivity contribution in [2.45, 2.75) is 54.6 Å². The van der Waals surface area contributed by atoms with Crippen LogP contribution in [0.3, 0.4) is 0 Å². The van der Waals surface area contributed by atoms with E-state index in [-0.39, 0.29) is 16.9 Å². The third-order valence-corrected chi connectivity index (χ3v) is 7.45. The molecule has 0 saturated heterocycles. The predicted molar refractivity (Wildman–Crippen MR) is 121 cm³/mol. The van der Waals surface area contributed by atoms with Gasteiger partial charge in [-0.05, 0) is 60.9 Å². The van der Waals surface area contributed by atoms with Gasteiger partial charge in [0.15, 0.2) is 0 Å². The number of aromatic carboxylic acids is 1. The summed E-state index contributed by atoms with van der Waals surface area (Å²) >= 11 is 1.44. The summed E-state index contributed by atoms with van der Waals surface area (Å²) in [6.07, 6.45) is -1.36. The van der Waals surface area contributed by atoms with Gasteiger partial charge in [0.1, 0.15) is 10.8 Å². The molecule has 180 valence electrons. The number of thioether (sulfide) groups is 1. The van der Waals surface area contributed by atoms with E-state index in [9.17, 15) is 23.1 Å². The lowest BCUT2D eigenvalue weighted by atomic mass is 9.83. The molecule has 0 spiro atoms. The monoisotopic (exact) mass is 491 g/mol. The lowest BCUT2D eigenvalue weighted by molar-refractivity contribution is -0.137. The van der Waals surface area contributed by atoms with Crippen LogP contribution in [0.15, 0.2) is 53.6 Å². The van der Waals surface area contributed by atoms with Gasteiger partial charge in [0.05, 0.1) is 19.2 Å². The topological polar surface area (TPSA) is 77.2 Å². The summed E-state index contributed by atoms with van der Waals surface area (Å²) < 4.78 is 46.0. The number of carboxylic acid groups (broad SMARTS) is 1. The molecule has 1 aliphatic rings. The minimum atomic E-state index is -4.36. The van der Waals surface area contributed by atoms with Crippen molar-refractivity contribution in [3.05, 3.63) is 70.9 Å². The maximum atomic E-state index is 13.1. The highest BCUT2D eigenvalue weighted by molar-refractivity contribution is 7.99. The standard InChI is InChI=1S/C24H24F3N3O3S/c1-33-19-9-5-15(6-10-19)14-30-22(21(23(31)32)28-29-30)34-20-11-7-16(8-12-20)17-3-2-4-18(13-17)24(25,26)27/h2-6,9-10,13,16,20H,7-8,11-12,14H2,1H3,(H,31,32). The summed E-state index contributed by atoms with van der Waals surface area (Å²) in [5.74, 6) is -0.359. The molecule has 1 aromatic heterocycles. The van der Waals surface area contributed by atoms with Crippen LogP contribution >= 0.6 is 11.8 Å². The second kappa shape index (κ2) is 10.1. The first-order chi connectivity index (χ1) is 16.2. The Kier molecular flexibility index (Phi) is 7.16. The number of carbonyl (C=O) groups is 1. The van der Waals surface area contributed by atoms with E-state index in [1.165, 1.54) is 23.9 Å². The lowest BCUT2D eigenvalue weighted by Crippen LogP contribution is -2.17. The lowest BCUT2D eigenvalue weighted by Gasteiger charge is -2.28. The van der Waals surface area contributed by atoms with Crippen molar-refractivity contribution in [1.82, 2.24) is 15.0 Å². The van der Waals surface area contributed by atoms with E-state index in [4.69, 9.17) is 4.74 Å². The van der Waals surface area contributed by atoms with Crippen molar-refractivity contribution in [2.24, 2.45) is 0 Å². The van der Waals surface area contributed by atoms with Crippen LogP contribution in [0.25, 0.3) is 0 Å². The molecule has 1 saturated carbocycles. The quantitative estimate of drug-likeness (QED) is 0.445. The number of hydrogen-bond acceptors (Lipinski definition) is 5. The Bertz CT molecular complexity index is 1140. The van der Waals surface area contributed by atoms with Crippen LogP contribution in [0.4, 0.5) is 13.2 Å². The first-order valence-corrected chi connectivity index (χ1v) is 11.8. The number of hydrogen-bond donors (Lipinski definition) is 1. The fraction of sp³-hybridized carbons (Fsp3) is 0.375. The zero-order chi connectivity index (χ0) is 24.3. The van der Waals surface area contributed by atoms with E-state index in [0.717, 1.165) is 43.1 Å². The van der Waals surface area contributed by atoms with Crippen LogP contribution in [0.1, 0.15) is 58.8 Å². The molecule has 10 heteroatoms. The van der Waals surface area contributed by atoms with Gasteiger partial charge in [0.25, 0.3) is 0 Å². The summed E-state index contributed by atoms with van der Waals surface area (Å²) in [6.45, 7) is 0.367. The molecule has 0 aliphatic heterocycles. The van der Waals surface area contributed by atoms with Gasteiger partial charge in [-0.1, -0.05) is 35.5 Å². The van der Waals surface area contributed by atoms with E-state index < -0.39 is 17.7 Å². The first-order valence-electron chi connectivity index (χ1n) is 10.9. The number of ether oxygens (including phenoxy) is 1. The van der Waals surface area contributed by atoms with Gasteiger partial charge in [-0.25, -0.2) is 9.48 Å². The number of alkyl halides is 3. The van der Waals surface area contributed by atoms with Crippen LogP contribution in [-0.4, -0.2) is 38.4 Å². The number of rotatable bonds is 7. The molecule has 0 atom stereocenters. The molecule has 3 aromatic rings. The molecule has 0 radical (unpaired) electrons. The Morgan fingerprint density at radius 1 is 1.15 bits per heavy atom. The van der Waals surface area contributed by atoms with Gasteiger partial charge in [0.2, 0.25) is 5.69 Å². The highest BCUT2D eigenvalue weighted by Crippen LogP contribution is 2.41. The summed E-state index contributed by atoms with van der Waals surface area (Å²) in [7, 11) is 1.59. The average molecular weight is 492 g/mol. The largest absolute Gasteiger partial charge is 0.497 e. The van der Waals surface area contributed by atoms with Crippen LogP contribution in [0.5, 0.6) is 5.75 Å². The van der Waals surface area contributed by atoms with E-state index in [2.05, 4.69) is 10.3 Å². The summed E-state index contributed by atoms with van der Waals surface area (Å²) in [6, 6.07) is 13.0. The van der Waals surface area contributed by atoms with E-state index >= 15 is 0 Å². The predicted octanol–water partition coefficient (Wildman–Crippen LogP) is 5.87. The molecule has 1 heterocycles. The number of carboxylic acids is 1. The molecule has 2 aromatic carbocycles. The minimum absolute atomic E-state index is 0.0560. The van der Waals surface area contributed by atoms with E-state index in [0.29, 0.717) is 17.1 Å². The molecule has 34 heavy (non-hydrogen) atoms. The summed E-state index contributed by atoms with van der Waals surface area (Å²) in [5.41, 5.74) is 0.924. The number of aromatic nitrogens is 3. The Hall–Kier alpha value is -3.01. The van der Waals surface area contributed by atoms with Gasteiger partial charge in [-0.15, -0.1) is 16.9 Å². The molecule has 0 bridgehead atoms. The van der Waals surface area contributed by atoms with E-state index in [1.54, 1.807) is 17.9 Å². The molecule has 0 unspecified atom stereocenters. The van der Waals surface area contributed by atoms with E-state index in [1.807, 2.05) is 24.3 Å². The fourth-order valence-electron chi connectivity index (χ4n) is 4.20. The molecule has 6 nitrogen and oxygen atoms in total. The summed E-state index contributed by atoms with van der Waals surface area (Å²) in [5, 5.41) is 18.1. The number of benzene rings is 2. The third-order valence-electron chi connectivity index (χ3n) is 6.02. The number of methoxy groups -OCH3 is 1. The average Bonchev–Trinajstić information content (AvgIpc) is 3.22. The van der Waals surface area contributed by atoms with Gasteiger partial charge >= 0.3 is 12.1 Å². The van der Waals surface area contributed by atoms with Gasteiger partial charge < -0.3 is 9.84 Å². The molecule has 1 fully saturated rings. The zero-order valence-electron chi connectivity index (χ0n) is 18.5. The SMILES string of the molecule is COc1ccc(Cn2nnc(C(=O)O)c2SC2CCC(c3cccc(C(F)(F)F)c3)CC2)cc1. The van der Waals surface area contributed by atoms with Crippen molar-refractivity contribution in [1.29, 1.82) is 0 Å². The molecule has 4 rings (SSSR count). The minimum Gasteiger partial charge on any atom is -0.497 e. The fourth-order valence-corrected chi connectivity index (χ4v) is 5.49. The first kappa shape index (κ1) is 24.1. The molecular formula is C24H24F3N3O3S. The smallest absolute Gasteiger partial charge is 0.416 e. The van der Waals surface area contributed by atoms with Crippen LogP contribution in [0.2, 0.25) is 0 Å². The van der Waals surface area contributed by atoms with Crippen molar-refractivity contribution in [2.75, 3.05) is 7.11 Å². The Morgan fingerprint density at radius 2 is 1.85 bits per heavy atom. The van der Waals surface area contributed by atoms with Crippen molar-refractivity contribution in [3.8, 4) is 5.75 Å². The second-order valence-electron chi connectivity index (χ2n) is 8.27. The van der Waals surface area contributed by atoms with Gasteiger partial charge in [0, 0.05) is 5.25 Å². The highest BCUT2D eigenvalue weighted by Gasteiger charge is 2.32. The number of halogens is 3. The van der Waals surface area contributed by atoms with Crippen LogP contribution in [-0.2, 0) is 12.7 Å². The highest BCUT2D eigenvalue weighted by atomic mass is 32.2. The Morgan fingerprint density at radius 3 is 2.47 bits per heavy atom. The summed E-state index contributed by atoms with van der Waals surface area (Å²) in [4.78, 5) is 11.7. The van der Waals surface area contributed by atoms with Crippen LogP contribution < -0.4 is 4.74 Å². The molecular weight excluding hydrogens is 467 g/mol. The Labute approximate surface area is 199 Å². The van der Waals surface area contributed by atoms with Crippen LogP contribution in [0, 0.1) is 0 Å². The third kappa shape index (κ3) is 5.55. The molecule has 1 N–H and O–H groups in total.